The van der Waals surface area contributed by atoms with Crippen LogP contribution in [-0.2, 0) is 41.4 Å². The molecule has 4 nitrogen and oxygen atoms in total. The van der Waals surface area contributed by atoms with Crippen LogP contribution in [0.3, 0.4) is 0 Å². The van der Waals surface area contributed by atoms with Crippen LogP contribution in [0, 0.1) is 0 Å². The molecule has 0 aliphatic carbocycles. The van der Waals surface area contributed by atoms with Crippen molar-refractivity contribution in [2.24, 2.45) is 0 Å². The van der Waals surface area contributed by atoms with E-state index in [9.17, 15) is 11.0 Å². The van der Waals surface area contributed by atoms with Crippen molar-refractivity contribution in [1.29, 1.82) is 0 Å². The molecule has 0 heterocycles. The molecule has 0 unspecified atom stereocenters. The van der Waals surface area contributed by atoms with E-state index in [1.165, 1.54) is 0 Å². The molecule has 0 rings (SSSR count). The van der Waals surface area contributed by atoms with Gasteiger partial charge in [-0.1, -0.05) is 0 Å². The number of hydrogen-bond acceptors (Lipinski definition) is 4. The summed E-state index contributed by atoms with van der Waals surface area (Å²) in [6.07, 6.45) is 0. The van der Waals surface area contributed by atoms with Gasteiger partial charge in [-0.2, -0.15) is 0 Å². The van der Waals surface area contributed by atoms with Crippen molar-refractivity contribution in [3.05, 3.63) is 0 Å². The van der Waals surface area contributed by atoms with E-state index in [4.69, 9.17) is 0 Å². The van der Waals surface area contributed by atoms with Gasteiger partial charge in [0, 0.05) is 0 Å². The Morgan fingerprint density at radius 3 is 1.75 bits per heavy atom. The third-order valence-corrected chi connectivity index (χ3v) is 4.85. The number of hydrogen-bond donors (Lipinski definition) is 0. The van der Waals surface area contributed by atoms with E-state index in [2.05, 4.69) is 22.3 Å². The van der Waals surface area contributed by atoms with Crippen LogP contribution in [0.4, 0.5) is 0 Å². The van der Waals surface area contributed by atoms with Crippen LogP contribution in [0.1, 0.15) is 0 Å². The predicted octanol–water partition coefficient (Wildman–Crippen LogP) is 0.949. The molecule has 0 fully saturated rings. The van der Waals surface area contributed by atoms with Gasteiger partial charge in [-0.05, 0) is 0 Å². The third kappa shape index (κ3) is 7.11. The molecule has 0 aromatic carbocycles. The molecule has 0 spiro atoms. The molecular formula is Cl2O4V2. The zero-order valence-electron chi connectivity index (χ0n) is 3.28. The SMILES string of the molecule is [O]=[V][O][V](=[O])(=[O])([Cl])[Cl]. The maximum absolute atomic E-state index is 10.0. The summed E-state index contributed by atoms with van der Waals surface area (Å²) in [5.41, 5.74) is 0. The molecule has 0 saturated heterocycles. The Balaban J connectivity index is 4.42. The van der Waals surface area contributed by atoms with E-state index in [-0.39, 0.29) is 0 Å². The van der Waals surface area contributed by atoms with Crippen molar-refractivity contribution in [3.8, 4) is 0 Å². The average Bonchev–Trinajstić information content (AvgIpc) is 1.25. The van der Waals surface area contributed by atoms with E-state index in [0.29, 0.717) is 0 Å². The zero-order chi connectivity index (χ0) is 6.86. The molecular weight excluding hydrogens is 237 g/mol. The fourth-order valence-electron chi connectivity index (χ4n) is 0.0524. The first-order chi connectivity index (χ1) is 3.31. The molecule has 0 aromatic rings. The second kappa shape index (κ2) is 2.38. The minimum absolute atomic E-state index is 1.97. The van der Waals surface area contributed by atoms with Crippen molar-refractivity contribution in [2.45, 2.75) is 0 Å². The van der Waals surface area contributed by atoms with Gasteiger partial charge in [0.25, 0.3) is 0 Å². The molecule has 0 aliphatic rings. The summed E-state index contributed by atoms with van der Waals surface area (Å²) in [6, 6.07) is 0. The molecule has 0 radical (unpaired) electrons. The van der Waals surface area contributed by atoms with Crippen LogP contribution >= 0.6 is 19.7 Å². The summed E-state index contributed by atoms with van der Waals surface area (Å²) in [5.74, 6) is 0. The van der Waals surface area contributed by atoms with E-state index >= 15 is 0 Å². The Morgan fingerprint density at radius 2 is 1.75 bits per heavy atom. The van der Waals surface area contributed by atoms with Crippen LogP contribution in [-0.4, -0.2) is 0 Å². The van der Waals surface area contributed by atoms with E-state index < -0.39 is 27.8 Å². The molecule has 48 valence electrons. The molecule has 0 aliphatic heterocycles. The Hall–Kier alpha value is 1.11. The second-order valence-corrected chi connectivity index (χ2v) is 10.1. The first-order valence-corrected chi connectivity index (χ1v) is 7.95. The standard InChI is InChI=1S/2ClH.4O.2V/h2*1H;;;;;;/q;;;;;;;+2/p-2. The fourth-order valence-corrected chi connectivity index (χ4v) is 1.75. The van der Waals surface area contributed by atoms with E-state index in [1.807, 2.05) is 0 Å². The van der Waals surface area contributed by atoms with Gasteiger partial charge in [-0.25, -0.2) is 0 Å². The summed E-state index contributed by atoms with van der Waals surface area (Å²) in [4.78, 5) is 0. The Morgan fingerprint density at radius 1 is 1.38 bits per heavy atom. The average molecular weight is 237 g/mol. The van der Waals surface area contributed by atoms with Crippen LogP contribution in [0.15, 0.2) is 0 Å². The molecule has 0 aromatic heterocycles. The van der Waals surface area contributed by atoms with Gasteiger partial charge >= 0.3 is 61.1 Å². The minimum atomic E-state index is -5.90. The van der Waals surface area contributed by atoms with Gasteiger partial charge in [-0.3, -0.25) is 0 Å². The number of halogens is 2. The molecule has 0 saturated carbocycles. The monoisotopic (exact) mass is 236 g/mol. The van der Waals surface area contributed by atoms with Crippen LogP contribution < -0.4 is 0 Å². The first kappa shape index (κ1) is 9.11. The second-order valence-electron chi connectivity index (χ2n) is 0.858. The van der Waals surface area contributed by atoms with Gasteiger partial charge in [0.15, 0.2) is 0 Å². The Labute approximate surface area is 60.9 Å². The van der Waals surface area contributed by atoms with Gasteiger partial charge in [0.2, 0.25) is 0 Å². The van der Waals surface area contributed by atoms with Crippen LogP contribution in [0.2, 0.25) is 0 Å². The van der Waals surface area contributed by atoms with Crippen LogP contribution in [0.5, 0.6) is 0 Å². The fraction of sp³-hybridized carbons (Fsp3) is 0. The Kier molecular flexibility index (Phi) is 2.72. The summed E-state index contributed by atoms with van der Waals surface area (Å²) < 4.78 is 33.1. The predicted molar refractivity (Wildman–Crippen MR) is 14.9 cm³/mol. The summed E-state index contributed by atoms with van der Waals surface area (Å²) >= 11 is -7.87. The van der Waals surface area contributed by atoms with E-state index in [1.54, 1.807) is 0 Å². The molecule has 0 atom stereocenters. The van der Waals surface area contributed by atoms with Gasteiger partial charge in [0.05, 0.1) is 0 Å². The van der Waals surface area contributed by atoms with E-state index in [0.717, 1.165) is 0 Å². The molecule has 8 heteroatoms. The van der Waals surface area contributed by atoms with Gasteiger partial charge < -0.3 is 0 Å². The third-order valence-electron chi connectivity index (χ3n) is 0.162. The van der Waals surface area contributed by atoms with Crippen molar-refractivity contribution in [3.63, 3.8) is 0 Å². The van der Waals surface area contributed by atoms with Crippen molar-refractivity contribution in [2.75, 3.05) is 0 Å². The molecule has 0 N–H and O–H groups in total. The molecule has 8 heavy (non-hydrogen) atoms. The zero-order valence-corrected chi connectivity index (χ0v) is 7.59. The Bertz CT molecular complexity index is 198. The topological polar surface area (TPSA) is 60.4 Å². The normalized spacial score (nSPS) is 13.4. The van der Waals surface area contributed by atoms with Crippen LogP contribution in [0.25, 0.3) is 0 Å². The van der Waals surface area contributed by atoms with Crippen molar-refractivity contribution in [1.82, 2.24) is 0 Å². The number of rotatable bonds is 2. The quantitative estimate of drug-likeness (QED) is 0.716. The maximum atomic E-state index is 10.0. The van der Waals surface area contributed by atoms with Crippen molar-refractivity contribution < 1.29 is 41.4 Å². The molecule has 0 bridgehead atoms. The summed E-state index contributed by atoms with van der Waals surface area (Å²) in [6.45, 7) is 0. The van der Waals surface area contributed by atoms with Gasteiger partial charge in [0.1, 0.15) is 0 Å². The van der Waals surface area contributed by atoms with Crippen molar-refractivity contribution >= 4 is 19.7 Å². The summed E-state index contributed by atoms with van der Waals surface area (Å²) in [5, 5.41) is 0. The first-order valence-electron chi connectivity index (χ1n) is 1.25. The molecule has 0 amide bonds. The summed E-state index contributed by atoms with van der Waals surface area (Å²) in [7, 11) is 9.05. The van der Waals surface area contributed by atoms with Gasteiger partial charge in [-0.15, -0.1) is 0 Å².